The topological polar surface area (TPSA) is 162 Å². The summed E-state index contributed by atoms with van der Waals surface area (Å²) in [6.07, 6.45) is 0. The van der Waals surface area contributed by atoms with Gasteiger partial charge in [-0.1, -0.05) is 0 Å². The summed E-state index contributed by atoms with van der Waals surface area (Å²) in [5.74, 6) is 0.792. The van der Waals surface area contributed by atoms with Gasteiger partial charge >= 0.3 is 10.4 Å². The van der Waals surface area contributed by atoms with Gasteiger partial charge < -0.3 is 22.3 Å². The Morgan fingerprint density at radius 2 is 1.50 bits per heavy atom. The molecule has 0 saturated carbocycles. The van der Waals surface area contributed by atoms with Crippen molar-refractivity contribution >= 4 is 23.0 Å². The van der Waals surface area contributed by atoms with E-state index in [9.17, 15) is 8.42 Å². The number of hydrogen-bond donors (Lipinski definition) is 6. The van der Waals surface area contributed by atoms with Gasteiger partial charge in [-0.25, -0.2) is 4.18 Å². The first-order valence-corrected chi connectivity index (χ1v) is 6.33. The highest BCUT2D eigenvalue weighted by atomic mass is 32.3. The number of aliphatic hydroxyl groups excluding tert-OH is 1. The van der Waals surface area contributed by atoms with Crippen LogP contribution in [0, 0.1) is 0 Å². The van der Waals surface area contributed by atoms with Crippen LogP contribution in [0.25, 0.3) is 0 Å². The predicted octanol–water partition coefficient (Wildman–Crippen LogP) is -2.42. The Labute approximate surface area is 101 Å². The van der Waals surface area contributed by atoms with Crippen LogP contribution in [0.2, 0.25) is 0 Å². The summed E-state index contributed by atoms with van der Waals surface area (Å²) < 4.78 is 31.0. The molecule has 0 aliphatic carbocycles. The van der Waals surface area contributed by atoms with Crippen LogP contribution in [0.4, 0.5) is 0 Å². The Hall–Kier alpha value is 0.0600. The molecular formula is C6H21N3O5S2. The number of hydrogen-bond acceptors (Lipinski definition) is 8. The van der Waals surface area contributed by atoms with Crippen LogP contribution in [0.5, 0.6) is 0 Å². The number of nitrogens with two attached hydrogens (primary N) is 3. The van der Waals surface area contributed by atoms with Gasteiger partial charge in [0.25, 0.3) is 0 Å². The fourth-order valence-electron chi connectivity index (χ4n) is 0.153. The lowest BCUT2D eigenvalue weighted by Crippen LogP contribution is -2.12. The minimum Gasteiger partial charge on any atom is -0.395 e. The van der Waals surface area contributed by atoms with E-state index in [1.807, 2.05) is 0 Å². The molecule has 0 amide bonds. The van der Waals surface area contributed by atoms with Gasteiger partial charge in [0.2, 0.25) is 0 Å². The van der Waals surface area contributed by atoms with E-state index in [1.54, 1.807) is 0 Å². The molecule has 0 bridgehead atoms. The fourth-order valence-corrected chi connectivity index (χ4v) is 0.460. The molecule has 0 radical (unpaired) electrons. The van der Waals surface area contributed by atoms with Crippen molar-refractivity contribution in [3.63, 3.8) is 0 Å². The van der Waals surface area contributed by atoms with E-state index in [1.165, 1.54) is 0 Å². The van der Waals surface area contributed by atoms with Crippen molar-refractivity contribution in [1.82, 2.24) is 0 Å². The van der Waals surface area contributed by atoms with E-state index in [4.69, 9.17) is 26.9 Å². The summed E-state index contributed by atoms with van der Waals surface area (Å²) in [5.41, 5.74) is 14.6. The molecule has 0 aromatic rings. The third-order valence-electron chi connectivity index (χ3n) is 0.608. The monoisotopic (exact) mass is 279 g/mol. The Morgan fingerprint density at radius 3 is 1.56 bits per heavy atom. The minimum atomic E-state index is -4.27. The molecule has 0 rings (SSSR count). The van der Waals surface area contributed by atoms with Crippen LogP contribution in [-0.2, 0) is 14.6 Å². The van der Waals surface area contributed by atoms with Crippen LogP contribution in [0.15, 0.2) is 0 Å². The molecule has 0 fully saturated rings. The van der Waals surface area contributed by atoms with Crippen molar-refractivity contribution in [2.45, 2.75) is 0 Å². The summed E-state index contributed by atoms with van der Waals surface area (Å²) >= 11 is 3.80. The summed E-state index contributed by atoms with van der Waals surface area (Å²) in [6.45, 7) is 1.04. The predicted molar refractivity (Wildman–Crippen MR) is 65.6 cm³/mol. The number of thiol groups is 1. The Morgan fingerprint density at radius 1 is 1.12 bits per heavy atom. The highest BCUT2D eigenvalue weighted by Gasteiger charge is 2.00. The second-order valence-corrected chi connectivity index (χ2v) is 3.60. The molecule has 16 heavy (non-hydrogen) atoms. The summed E-state index contributed by atoms with van der Waals surface area (Å²) in [7, 11) is -4.27. The lowest BCUT2D eigenvalue weighted by molar-refractivity contribution is 0.276. The zero-order valence-corrected chi connectivity index (χ0v) is 10.7. The second-order valence-electron chi connectivity index (χ2n) is 2.06. The van der Waals surface area contributed by atoms with Gasteiger partial charge in [-0.05, 0) is 0 Å². The third kappa shape index (κ3) is 48.1. The van der Waals surface area contributed by atoms with Crippen LogP contribution in [0.1, 0.15) is 0 Å². The third-order valence-corrected chi connectivity index (χ3v) is 1.33. The quantitative estimate of drug-likeness (QED) is 0.239. The van der Waals surface area contributed by atoms with Gasteiger partial charge in [0.15, 0.2) is 0 Å². The molecule has 8 nitrogen and oxygen atoms in total. The molecule has 0 heterocycles. The highest BCUT2D eigenvalue weighted by Crippen LogP contribution is 1.81. The van der Waals surface area contributed by atoms with Crippen LogP contribution in [0.3, 0.4) is 0 Å². The molecular weight excluding hydrogens is 258 g/mol. The van der Waals surface area contributed by atoms with Gasteiger partial charge in [0.1, 0.15) is 0 Å². The highest BCUT2D eigenvalue weighted by molar-refractivity contribution is 7.80. The molecule has 0 spiro atoms. The minimum absolute atomic E-state index is 0.0692. The molecule has 0 unspecified atom stereocenters. The van der Waals surface area contributed by atoms with E-state index in [-0.39, 0.29) is 19.8 Å². The fraction of sp³-hybridized carbons (Fsp3) is 1.00. The smallest absolute Gasteiger partial charge is 0.395 e. The average Bonchev–Trinajstić information content (AvgIpc) is 2.26. The summed E-state index contributed by atoms with van der Waals surface area (Å²) in [4.78, 5) is 0. The lowest BCUT2D eigenvalue weighted by atomic mass is 10.8. The van der Waals surface area contributed by atoms with Crippen molar-refractivity contribution in [2.24, 2.45) is 17.2 Å². The summed E-state index contributed by atoms with van der Waals surface area (Å²) in [5, 5.41) is 7.75. The maximum Gasteiger partial charge on any atom is 0.397 e. The zero-order chi connectivity index (χ0) is 13.4. The molecule has 0 aromatic heterocycles. The maximum atomic E-state index is 9.67. The SMILES string of the molecule is NCCO.NCCOS(=O)(=O)O.NCCS. The van der Waals surface area contributed by atoms with E-state index in [0.717, 1.165) is 5.75 Å². The van der Waals surface area contributed by atoms with Crippen molar-refractivity contribution in [3.8, 4) is 0 Å². The van der Waals surface area contributed by atoms with Crippen molar-refractivity contribution in [1.29, 1.82) is 0 Å². The van der Waals surface area contributed by atoms with Gasteiger partial charge in [-0.15, -0.1) is 0 Å². The molecule has 8 N–H and O–H groups in total. The lowest BCUT2D eigenvalue weighted by Gasteiger charge is -1.92. The summed E-state index contributed by atoms with van der Waals surface area (Å²) in [6, 6.07) is 0. The van der Waals surface area contributed by atoms with E-state index >= 15 is 0 Å². The molecule has 10 heteroatoms. The first kappa shape index (κ1) is 21.4. The first-order valence-electron chi connectivity index (χ1n) is 4.33. The molecule has 0 saturated heterocycles. The first-order chi connectivity index (χ1) is 7.39. The Kier molecular flexibility index (Phi) is 23.3. The molecule has 0 aromatic carbocycles. The van der Waals surface area contributed by atoms with Crippen LogP contribution in [-0.4, -0.2) is 56.7 Å². The molecule has 0 aliphatic heterocycles. The van der Waals surface area contributed by atoms with Crippen molar-refractivity contribution in [3.05, 3.63) is 0 Å². The van der Waals surface area contributed by atoms with Crippen LogP contribution < -0.4 is 17.2 Å². The Bertz CT molecular complexity index is 192. The Balaban J connectivity index is -0.000000179. The van der Waals surface area contributed by atoms with Crippen molar-refractivity contribution < 1.29 is 22.3 Å². The van der Waals surface area contributed by atoms with Gasteiger partial charge in [0.05, 0.1) is 13.2 Å². The number of aliphatic hydroxyl groups is 1. The second kappa shape index (κ2) is 17.5. The van der Waals surface area contributed by atoms with Crippen molar-refractivity contribution in [2.75, 3.05) is 38.6 Å². The maximum absolute atomic E-state index is 9.67. The zero-order valence-electron chi connectivity index (χ0n) is 8.95. The van der Waals surface area contributed by atoms with E-state index in [2.05, 4.69) is 16.8 Å². The van der Waals surface area contributed by atoms with Crippen LogP contribution >= 0.6 is 12.6 Å². The molecule has 0 aliphatic rings. The molecule has 102 valence electrons. The van der Waals surface area contributed by atoms with Gasteiger partial charge in [-0.3, -0.25) is 4.55 Å². The standard InChI is InChI=1S/C2H7NO4S.C2H7NO.C2H7NS/c3-1-2-7-8(4,5)6;2*3-1-2-4/h1-3H2,(H,4,5,6);2*4H,1-3H2. The van der Waals surface area contributed by atoms with E-state index < -0.39 is 10.4 Å². The van der Waals surface area contributed by atoms with Gasteiger partial charge in [0, 0.05) is 25.4 Å². The average molecular weight is 279 g/mol. The van der Waals surface area contributed by atoms with E-state index in [0.29, 0.717) is 13.1 Å². The normalized spacial score (nSPS) is 9.62. The van der Waals surface area contributed by atoms with Gasteiger partial charge in [-0.2, -0.15) is 21.0 Å². The largest absolute Gasteiger partial charge is 0.397 e. The number of rotatable bonds is 5. The molecule has 0 atom stereocenters.